The maximum absolute atomic E-state index is 12.7. The average molecular weight is 417 g/mol. The van der Waals surface area contributed by atoms with E-state index in [-0.39, 0.29) is 25.1 Å². The van der Waals surface area contributed by atoms with Gasteiger partial charge in [0.05, 0.1) is 6.04 Å². The fourth-order valence-electron chi connectivity index (χ4n) is 2.80. The number of aliphatic carboxylic acids is 1. The van der Waals surface area contributed by atoms with Gasteiger partial charge in [0.1, 0.15) is 18.1 Å². The van der Waals surface area contributed by atoms with Gasteiger partial charge in [0.2, 0.25) is 23.6 Å². The Morgan fingerprint density at radius 3 is 2.29 bits per heavy atom. The molecule has 4 amide bonds. The second-order valence-corrected chi connectivity index (χ2v) is 6.99. The summed E-state index contributed by atoms with van der Waals surface area (Å²) in [7, 11) is 0. The molecule has 1 saturated heterocycles. The van der Waals surface area contributed by atoms with E-state index >= 15 is 0 Å². The van der Waals surface area contributed by atoms with Gasteiger partial charge in [-0.3, -0.25) is 19.2 Å². The molecule has 0 radical (unpaired) electrons. The third-order valence-electron chi connectivity index (χ3n) is 4.34. The predicted molar refractivity (Wildman–Crippen MR) is 102 cm³/mol. The number of carbonyl (C=O) groups excluding carboxylic acids is 4. The van der Waals surface area contributed by atoms with Crippen molar-refractivity contribution in [3.05, 3.63) is 0 Å². The molecular formula is C16H27N5O6S. The molecular weight excluding hydrogens is 390 g/mol. The average Bonchev–Trinajstić information content (AvgIpc) is 3.11. The van der Waals surface area contributed by atoms with E-state index in [0.29, 0.717) is 12.8 Å². The van der Waals surface area contributed by atoms with Crippen molar-refractivity contribution in [3.8, 4) is 0 Å². The van der Waals surface area contributed by atoms with Crippen LogP contribution in [0.25, 0.3) is 0 Å². The number of nitrogens with two attached hydrogens (primary N) is 2. The molecule has 1 fully saturated rings. The van der Waals surface area contributed by atoms with Crippen LogP contribution in [-0.4, -0.2) is 76.1 Å². The Bertz CT molecular complexity index is 629. The fourth-order valence-corrected chi connectivity index (χ4v) is 3.05. The van der Waals surface area contributed by atoms with Crippen LogP contribution in [0.1, 0.15) is 32.6 Å². The van der Waals surface area contributed by atoms with Crippen LogP contribution in [-0.2, 0) is 24.0 Å². The smallest absolute Gasteiger partial charge is 0.326 e. The van der Waals surface area contributed by atoms with E-state index < -0.39 is 53.8 Å². The lowest BCUT2D eigenvalue weighted by Crippen LogP contribution is -2.57. The number of hydrogen-bond donors (Lipinski definition) is 6. The Kier molecular flexibility index (Phi) is 9.19. The van der Waals surface area contributed by atoms with E-state index in [0.717, 1.165) is 0 Å². The minimum absolute atomic E-state index is 0.0722. The number of nitrogens with zero attached hydrogens (tertiary/aromatic N) is 1. The molecule has 0 saturated carbocycles. The molecule has 0 bridgehead atoms. The molecule has 0 aromatic heterocycles. The molecule has 0 aliphatic carbocycles. The van der Waals surface area contributed by atoms with Crippen molar-refractivity contribution in [1.82, 2.24) is 15.5 Å². The van der Waals surface area contributed by atoms with Crippen molar-refractivity contribution < 1.29 is 29.1 Å². The summed E-state index contributed by atoms with van der Waals surface area (Å²) in [5.74, 6) is -3.73. The number of carbonyl (C=O) groups is 5. The van der Waals surface area contributed by atoms with Crippen molar-refractivity contribution in [2.45, 2.75) is 56.8 Å². The zero-order chi connectivity index (χ0) is 21.4. The third-order valence-corrected chi connectivity index (χ3v) is 4.71. The van der Waals surface area contributed by atoms with Gasteiger partial charge in [-0.05, 0) is 26.2 Å². The number of likely N-dealkylation sites (tertiary alicyclic amines) is 1. The number of carboxylic acids is 1. The summed E-state index contributed by atoms with van der Waals surface area (Å²) in [5.41, 5.74) is 10.6. The summed E-state index contributed by atoms with van der Waals surface area (Å²) in [6.07, 6.45) is 0.639. The minimum Gasteiger partial charge on any atom is -0.480 e. The molecule has 28 heavy (non-hydrogen) atoms. The monoisotopic (exact) mass is 417 g/mol. The van der Waals surface area contributed by atoms with Crippen molar-refractivity contribution in [1.29, 1.82) is 0 Å². The highest BCUT2D eigenvalue weighted by molar-refractivity contribution is 7.80. The van der Waals surface area contributed by atoms with Gasteiger partial charge in [-0.25, -0.2) is 4.79 Å². The first-order valence-corrected chi connectivity index (χ1v) is 9.50. The quantitative estimate of drug-likeness (QED) is 0.213. The number of carboxylic acid groups (broad SMARTS) is 1. The maximum Gasteiger partial charge on any atom is 0.326 e. The van der Waals surface area contributed by atoms with Gasteiger partial charge in [-0.1, -0.05) is 0 Å². The van der Waals surface area contributed by atoms with E-state index in [4.69, 9.17) is 11.5 Å². The molecule has 4 unspecified atom stereocenters. The van der Waals surface area contributed by atoms with Gasteiger partial charge >= 0.3 is 5.97 Å². The summed E-state index contributed by atoms with van der Waals surface area (Å²) >= 11 is 4.07. The predicted octanol–water partition coefficient (Wildman–Crippen LogP) is -2.43. The molecule has 1 rings (SSSR count). The van der Waals surface area contributed by atoms with Crippen LogP contribution in [0.15, 0.2) is 0 Å². The second-order valence-electron chi connectivity index (χ2n) is 6.63. The number of rotatable bonds is 10. The first-order chi connectivity index (χ1) is 13.1. The molecule has 1 aliphatic rings. The van der Waals surface area contributed by atoms with Crippen LogP contribution in [0.2, 0.25) is 0 Å². The molecule has 1 aliphatic heterocycles. The summed E-state index contributed by atoms with van der Waals surface area (Å²) < 4.78 is 0. The van der Waals surface area contributed by atoms with Gasteiger partial charge < -0.3 is 32.1 Å². The van der Waals surface area contributed by atoms with Crippen LogP contribution < -0.4 is 22.1 Å². The van der Waals surface area contributed by atoms with Crippen molar-refractivity contribution >= 4 is 42.2 Å². The van der Waals surface area contributed by atoms with Crippen LogP contribution in [0.5, 0.6) is 0 Å². The zero-order valence-electron chi connectivity index (χ0n) is 15.6. The molecule has 1 heterocycles. The van der Waals surface area contributed by atoms with E-state index in [1.54, 1.807) is 0 Å². The van der Waals surface area contributed by atoms with E-state index in [1.807, 2.05) is 0 Å². The van der Waals surface area contributed by atoms with Crippen molar-refractivity contribution in [3.63, 3.8) is 0 Å². The zero-order valence-corrected chi connectivity index (χ0v) is 16.5. The number of nitrogens with one attached hydrogen (secondary N) is 2. The Morgan fingerprint density at radius 2 is 1.79 bits per heavy atom. The van der Waals surface area contributed by atoms with Gasteiger partial charge in [-0.2, -0.15) is 12.6 Å². The van der Waals surface area contributed by atoms with Crippen LogP contribution in [0.4, 0.5) is 0 Å². The maximum atomic E-state index is 12.7. The van der Waals surface area contributed by atoms with Gasteiger partial charge in [-0.15, -0.1) is 0 Å². The summed E-state index contributed by atoms with van der Waals surface area (Å²) in [6.45, 7) is 1.69. The van der Waals surface area contributed by atoms with E-state index in [9.17, 15) is 29.1 Å². The third kappa shape index (κ3) is 6.68. The molecule has 12 heteroatoms. The van der Waals surface area contributed by atoms with E-state index in [2.05, 4.69) is 23.3 Å². The fraction of sp³-hybridized carbons (Fsp3) is 0.688. The highest BCUT2D eigenvalue weighted by atomic mass is 32.1. The Labute approximate surface area is 168 Å². The highest BCUT2D eigenvalue weighted by Gasteiger charge is 2.37. The molecule has 0 aromatic rings. The molecule has 4 atom stereocenters. The number of amides is 4. The van der Waals surface area contributed by atoms with Crippen LogP contribution >= 0.6 is 12.6 Å². The lowest BCUT2D eigenvalue weighted by Gasteiger charge is -2.28. The lowest BCUT2D eigenvalue weighted by molar-refractivity contribution is -0.149. The van der Waals surface area contributed by atoms with Gasteiger partial charge in [0, 0.05) is 18.7 Å². The minimum atomic E-state index is -1.13. The number of thiol groups is 1. The molecule has 11 nitrogen and oxygen atoms in total. The Morgan fingerprint density at radius 1 is 1.18 bits per heavy atom. The van der Waals surface area contributed by atoms with Crippen molar-refractivity contribution in [2.75, 3.05) is 12.3 Å². The first kappa shape index (κ1) is 23.7. The van der Waals surface area contributed by atoms with Crippen molar-refractivity contribution in [2.24, 2.45) is 11.5 Å². The van der Waals surface area contributed by atoms with Gasteiger partial charge in [0.25, 0.3) is 0 Å². The highest BCUT2D eigenvalue weighted by Crippen LogP contribution is 2.19. The van der Waals surface area contributed by atoms with Crippen LogP contribution in [0.3, 0.4) is 0 Å². The molecule has 158 valence electrons. The lowest BCUT2D eigenvalue weighted by atomic mass is 10.1. The van der Waals surface area contributed by atoms with E-state index in [1.165, 1.54) is 11.8 Å². The molecule has 7 N–H and O–H groups in total. The van der Waals surface area contributed by atoms with Crippen LogP contribution in [0, 0.1) is 0 Å². The standard InChI is InChI=1S/C16H27N5O6S/c1-8(17)13(23)19-9(4-5-12(18)22)14(24)20-10(7-28)15(25)21-6-2-3-11(21)16(26)27/h8-11,28H,2-7,17H2,1H3,(H2,18,22)(H,19,23)(H,20,24)(H,26,27). The first-order valence-electron chi connectivity index (χ1n) is 8.87. The second kappa shape index (κ2) is 10.9. The Hall–Kier alpha value is -2.34. The topological polar surface area (TPSA) is 185 Å². The number of primary amides is 1. The summed E-state index contributed by atoms with van der Waals surface area (Å²) in [5, 5.41) is 14.1. The Balaban J connectivity index is 2.86. The summed E-state index contributed by atoms with van der Waals surface area (Å²) in [4.78, 5) is 60.6. The summed E-state index contributed by atoms with van der Waals surface area (Å²) in [6, 6.07) is -4.04. The number of hydrogen-bond acceptors (Lipinski definition) is 7. The largest absolute Gasteiger partial charge is 0.480 e. The normalized spacial score (nSPS) is 19.4. The molecule has 0 spiro atoms. The molecule has 0 aromatic carbocycles. The van der Waals surface area contributed by atoms with Gasteiger partial charge in [0.15, 0.2) is 0 Å². The SMILES string of the molecule is CC(N)C(=O)NC(CCC(N)=O)C(=O)NC(CS)C(=O)N1CCCC1C(=O)O.